The van der Waals surface area contributed by atoms with Crippen molar-refractivity contribution >= 4 is 11.6 Å². The van der Waals surface area contributed by atoms with Crippen molar-refractivity contribution in [2.75, 3.05) is 23.3 Å². The van der Waals surface area contributed by atoms with Crippen molar-refractivity contribution in [1.29, 1.82) is 5.26 Å². The van der Waals surface area contributed by atoms with E-state index < -0.39 is 0 Å². The van der Waals surface area contributed by atoms with Gasteiger partial charge in [0.2, 0.25) is 5.88 Å². The first-order chi connectivity index (χ1) is 16.3. The van der Waals surface area contributed by atoms with Gasteiger partial charge in [0.25, 0.3) is 0 Å². The standard InChI is InChI=1S/C29H27N3O/c30-20-26-27(23-10-4-1-5-11-23)28(24-12-6-2-7-13-24)33-29(26)31-21-22-14-16-25(17-15-22)32-18-8-3-9-19-32/h1-2,4-7,10-17,31H,3,8-9,18-19,21H2. The molecule has 4 heteroatoms. The summed E-state index contributed by atoms with van der Waals surface area (Å²) >= 11 is 0. The van der Waals surface area contributed by atoms with E-state index in [1.165, 1.54) is 24.9 Å². The molecule has 1 fully saturated rings. The summed E-state index contributed by atoms with van der Waals surface area (Å²) < 4.78 is 6.28. The molecule has 5 rings (SSSR count). The number of benzene rings is 3. The van der Waals surface area contributed by atoms with E-state index in [9.17, 15) is 5.26 Å². The molecule has 164 valence electrons. The lowest BCUT2D eigenvalue weighted by Crippen LogP contribution is -2.29. The number of hydrogen-bond acceptors (Lipinski definition) is 4. The lowest BCUT2D eigenvalue weighted by molar-refractivity contribution is 0.578. The molecule has 0 aliphatic carbocycles. The maximum Gasteiger partial charge on any atom is 0.212 e. The minimum absolute atomic E-state index is 0.510. The zero-order chi connectivity index (χ0) is 22.5. The van der Waals surface area contributed by atoms with Crippen LogP contribution in [-0.2, 0) is 6.54 Å². The van der Waals surface area contributed by atoms with Crippen molar-refractivity contribution < 1.29 is 4.42 Å². The molecule has 1 N–H and O–H groups in total. The second kappa shape index (κ2) is 9.67. The Morgan fingerprint density at radius 1 is 0.788 bits per heavy atom. The molecule has 4 aromatic rings. The molecule has 0 radical (unpaired) electrons. The summed E-state index contributed by atoms with van der Waals surface area (Å²) in [5, 5.41) is 13.4. The predicted octanol–water partition coefficient (Wildman–Crippen LogP) is 7.09. The van der Waals surface area contributed by atoms with Crippen LogP contribution in [0.15, 0.2) is 89.3 Å². The van der Waals surface area contributed by atoms with Gasteiger partial charge in [0, 0.05) is 36.4 Å². The Bertz CT molecular complexity index is 1230. The first-order valence-electron chi connectivity index (χ1n) is 11.6. The highest BCUT2D eigenvalue weighted by atomic mass is 16.4. The monoisotopic (exact) mass is 433 g/mol. The van der Waals surface area contributed by atoms with Crippen LogP contribution in [0.5, 0.6) is 0 Å². The van der Waals surface area contributed by atoms with Crippen LogP contribution < -0.4 is 10.2 Å². The van der Waals surface area contributed by atoms with Crippen LogP contribution in [0.3, 0.4) is 0 Å². The van der Waals surface area contributed by atoms with Crippen molar-refractivity contribution in [3.05, 3.63) is 96.1 Å². The first-order valence-corrected chi connectivity index (χ1v) is 11.6. The SMILES string of the molecule is N#Cc1c(NCc2ccc(N3CCCCC3)cc2)oc(-c2ccccc2)c1-c1ccccc1. The Kier molecular flexibility index (Phi) is 6.12. The van der Waals surface area contributed by atoms with Crippen LogP contribution >= 0.6 is 0 Å². The summed E-state index contributed by atoms with van der Waals surface area (Å²) in [5.41, 5.74) is 5.71. The van der Waals surface area contributed by atoms with Crippen LogP contribution in [-0.4, -0.2) is 13.1 Å². The normalized spacial score (nSPS) is 13.5. The van der Waals surface area contributed by atoms with E-state index in [1.54, 1.807) is 0 Å². The van der Waals surface area contributed by atoms with Crippen LogP contribution in [0.4, 0.5) is 11.6 Å². The molecule has 0 bridgehead atoms. The highest BCUT2D eigenvalue weighted by Crippen LogP contribution is 2.41. The minimum Gasteiger partial charge on any atom is -0.439 e. The average molecular weight is 434 g/mol. The van der Waals surface area contributed by atoms with Crippen molar-refractivity contribution in [2.24, 2.45) is 0 Å². The maximum atomic E-state index is 10.0. The molecule has 1 aliphatic rings. The fourth-order valence-corrected chi connectivity index (χ4v) is 4.49. The van der Waals surface area contributed by atoms with Gasteiger partial charge in [0.05, 0.1) is 0 Å². The summed E-state index contributed by atoms with van der Waals surface area (Å²) in [7, 11) is 0. The molecule has 0 unspecified atom stereocenters. The summed E-state index contributed by atoms with van der Waals surface area (Å²) in [6.45, 7) is 2.87. The van der Waals surface area contributed by atoms with Crippen LogP contribution in [0.25, 0.3) is 22.5 Å². The highest BCUT2D eigenvalue weighted by molar-refractivity contribution is 5.88. The third-order valence-electron chi connectivity index (χ3n) is 6.23. The molecule has 1 saturated heterocycles. The molecule has 1 aliphatic heterocycles. The fourth-order valence-electron chi connectivity index (χ4n) is 4.49. The van der Waals surface area contributed by atoms with Gasteiger partial charge in [-0.2, -0.15) is 5.26 Å². The summed E-state index contributed by atoms with van der Waals surface area (Å²) in [6, 6.07) is 31.0. The molecular formula is C29H27N3O. The largest absolute Gasteiger partial charge is 0.439 e. The second-order valence-electron chi connectivity index (χ2n) is 8.42. The summed E-state index contributed by atoms with van der Waals surface area (Å²) in [6.07, 6.45) is 3.87. The van der Waals surface area contributed by atoms with E-state index in [4.69, 9.17) is 4.42 Å². The molecule has 4 nitrogen and oxygen atoms in total. The van der Waals surface area contributed by atoms with Crippen molar-refractivity contribution in [3.63, 3.8) is 0 Å². The Hall–Kier alpha value is -3.97. The molecule has 0 spiro atoms. The predicted molar refractivity (Wildman–Crippen MR) is 134 cm³/mol. The van der Waals surface area contributed by atoms with E-state index >= 15 is 0 Å². The average Bonchev–Trinajstić information content (AvgIpc) is 3.28. The van der Waals surface area contributed by atoms with E-state index in [2.05, 4.69) is 40.6 Å². The van der Waals surface area contributed by atoms with Crippen LogP contribution in [0, 0.1) is 11.3 Å². The van der Waals surface area contributed by atoms with Gasteiger partial charge in [-0.1, -0.05) is 72.8 Å². The van der Waals surface area contributed by atoms with Gasteiger partial charge in [-0.15, -0.1) is 0 Å². The number of anilines is 2. The number of nitrogens with one attached hydrogen (secondary N) is 1. The molecule has 1 aromatic heterocycles. The van der Waals surface area contributed by atoms with E-state index in [0.717, 1.165) is 35.3 Å². The second-order valence-corrected chi connectivity index (χ2v) is 8.42. The van der Waals surface area contributed by atoms with Crippen LogP contribution in [0.1, 0.15) is 30.4 Å². The molecule has 2 heterocycles. The van der Waals surface area contributed by atoms with Gasteiger partial charge >= 0.3 is 0 Å². The van der Waals surface area contributed by atoms with Gasteiger partial charge in [-0.25, -0.2) is 0 Å². The first kappa shape index (κ1) is 20.9. The number of nitrogens with zero attached hydrogens (tertiary/aromatic N) is 2. The van der Waals surface area contributed by atoms with Gasteiger partial charge < -0.3 is 14.6 Å². The third-order valence-corrected chi connectivity index (χ3v) is 6.23. The summed E-state index contributed by atoms with van der Waals surface area (Å²) in [4.78, 5) is 2.46. The Morgan fingerprint density at radius 3 is 2.06 bits per heavy atom. The van der Waals surface area contributed by atoms with Gasteiger partial charge in [-0.05, 0) is 42.5 Å². The van der Waals surface area contributed by atoms with Crippen LogP contribution in [0.2, 0.25) is 0 Å². The number of hydrogen-bond donors (Lipinski definition) is 1. The smallest absolute Gasteiger partial charge is 0.212 e. The molecule has 3 aromatic carbocycles. The number of furan rings is 1. The minimum atomic E-state index is 0.510. The topological polar surface area (TPSA) is 52.2 Å². The number of rotatable bonds is 6. The Labute approximate surface area is 195 Å². The van der Waals surface area contributed by atoms with Gasteiger partial charge in [0.15, 0.2) is 0 Å². The third kappa shape index (κ3) is 4.49. The van der Waals surface area contributed by atoms with Gasteiger partial charge in [-0.3, -0.25) is 0 Å². The van der Waals surface area contributed by atoms with Crippen molar-refractivity contribution in [1.82, 2.24) is 0 Å². The Balaban J connectivity index is 1.43. The van der Waals surface area contributed by atoms with Crippen molar-refractivity contribution in [2.45, 2.75) is 25.8 Å². The van der Waals surface area contributed by atoms with E-state index in [0.29, 0.717) is 23.8 Å². The molecule has 33 heavy (non-hydrogen) atoms. The fraction of sp³-hybridized carbons (Fsp3) is 0.207. The zero-order valence-electron chi connectivity index (χ0n) is 18.6. The number of piperidine rings is 1. The van der Waals surface area contributed by atoms with E-state index in [-0.39, 0.29) is 0 Å². The molecule has 0 amide bonds. The lowest BCUT2D eigenvalue weighted by Gasteiger charge is -2.28. The Morgan fingerprint density at radius 2 is 1.42 bits per heavy atom. The quantitative estimate of drug-likeness (QED) is 0.353. The molecule has 0 atom stereocenters. The number of nitriles is 1. The molecular weight excluding hydrogens is 406 g/mol. The summed E-state index contributed by atoms with van der Waals surface area (Å²) in [5.74, 6) is 1.22. The zero-order valence-corrected chi connectivity index (χ0v) is 18.6. The van der Waals surface area contributed by atoms with E-state index in [1.807, 2.05) is 60.7 Å². The lowest BCUT2D eigenvalue weighted by atomic mass is 9.98. The molecule has 0 saturated carbocycles. The highest BCUT2D eigenvalue weighted by Gasteiger charge is 2.22. The van der Waals surface area contributed by atoms with Gasteiger partial charge in [0.1, 0.15) is 17.4 Å². The van der Waals surface area contributed by atoms with Crippen molar-refractivity contribution in [3.8, 4) is 28.5 Å². The maximum absolute atomic E-state index is 10.0.